The van der Waals surface area contributed by atoms with Crippen LogP contribution in [0, 0.1) is 6.92 Å². The number of ether oxygens (including phenoxy) is 2. The SMILES string of the molecule is Cc1ccc(Cl)c(O[C@H](C)C(=O)NCCCCN2CCOCC2)c1. The van der Waals surface area contributed by atoms with Crippen LogP contribution < -0.4 is 10.1 Å². The van der Waals surface area contributed by atoms with Gasteiger partial charge in [0.05, 0.1) is 18.2 Å². The predicted octanol–water partition coefficient (Wildman–Crippen LogP) is 2.64. The molecule has 1 saturated heterocycles. The Morgan fingerprint density at radius 3 is 2.88 bits per heavy atom. The van der Waals surface area contributed by atoms with Gasteiger partial charge in [-0.25, -0.2) is 0 Å². The van der Waals surface area contributed by atoms with Crippen molar-refractivity contribution in [3.05, 3.63) is 28.8 Å². The standard InChI is InChI=1S/C18H27ClN2O3/c1-14-5-6-16(19)17(13-14)24-15(2)18(22)20-7-3-4-8-21-9-11-23-12-10-21/h5-6,13,15H,3-4,7-12H2,1-2H3,(H,20,22)/t15-/m1/s1. The molecule has 1 aromatic rings. The Labute approximate surface area is 149 Å². The zero-order chi connectivity index (χ0) is 17.4. The van der Waals surface area contributed by atoms with Crippen molar-refractivity contribution in [1.29, 1.82) is 0 Å². The number of hydrogen-bond donors (Lipinski definition) is 1. The minimum absolute atomic E-state index is 0.112. The van der Waals surface area contributed by atoms with Crippen LogP contribution in [0.4, 0.5) is 0 Å². The van der Waals surface area contributed by atoms with Gasteiger partial charge in [-0.15, -0.1) is 0 Å². The van der Waals surface area contributed by atoms with Crippen LogP contribution in [0.5, 0.6) is 5.75 Å². The molecule has 0 aliphatic carbocycles. The van der Waals surface area contributed by atoms with Gasteiger partial charge in [0.15, 0.2) is 6.10 Å². The van der Waals surface area contributed by atoms with Gasteiger partial charge in [0.1, 0.15) is 5.75 Å². The first-order valence-corrected chi connectivity index (χ1v) is 8.94. The Hall–Kier alpha value is -1.30. The van der Waals surface area contributed by atoms with Crippen molar-refractivity contribution in [2.24, 2.45) is 0 Å². The molecule has 1 aliphatic rings. The van der Waals surface area contributed by atoms with E-state index < -0.39 is 6.10 Å². The number of aryl methyl sites for hydroxylation is 1. The predicted molar refractivity (Wildman–Crippen MR) is 95.8 cm³/mol. The monoisotopic (exact) mass is 354 g/mol. The van der Waals surface area contributed by atoms with E-state index in [4.69, 9.17) is 21.1 Å². The van der Waals surface area contributed by atoms with Gasteiger partial charge < -0.3 is 14.8 Å². The average Bonchev–Trinajstić information content (AvgIpc) is 2.58. The highest BCUT2D eigenvalue weighted by Gasteiger charge is 2.16. The second kappa shape index (κ2) is 9.87. The zero-order valence-corrected chi connectivity index (χ0v) is 15.3. The van der Waals surface area contributed by atoms with Gasteiger partial charge in [0.2, 0.25) is 0 Å². The number of carbonyl (C=O) groups excluding carboxylic acids is 1. The summed E-state index contributed by atoms with van der Waals surface area (Å²) in [6, 6.07) is 5.53. The molecule has 0 aromatic heterocycles. The summed E-state index contributed by atoms with van der Waals surface area (Å²) < 4.78 is 11.0. The summed E-state index contributed by atoms with van der Waals surface area (Å²) in [6.45, 7) is 9.09. The van der Waals surface area contributed by atoms with E-state index in [1.165, 1.54) is 0 Å². The van der Waals surface area contributed by atoms with Crippen molar-refractivity contribution in [3.8, 4) is 5.75 Å². The summed E-state index contributed by atoms with van der Waals surface area (Å²) in [5.74, 6) is 0.436. The van der Waals surface area contributed by atoms with Crippen molar-refractivity contribution in [3.63, 3.8) is 0 Å². The number of benzene rings is 1. The average molecular weight is 355 g/mol. The first-order valence-electron chi connectivity index (χ1n) is 8.57. The van der Waals surface area contributed by atoms with Crippen molar-refractivity contribution in [2.75, 3.05) is 39.4 Å². The summed E-state index contributed by atoms with van der Waals surface area (Å²) in [4.78, 5) is 14.5. The number of unbranched alkanes of at least 4 members (excludes halogenated alkanes) is 1. The lowest BCUT2D eigenvalue weighted by Crippen LogP contribution is -2.38. The molecule has 0 unspecified atom stereocenters. The molecule has 5 nitrogen and oxygen atoms in total. The molecule has 0 spiro atoms. The fraction of sp³-hybridized carbons (Fsp3) is 0.611. The summed E-state index contributed by atoms with van der Waals surface area (Å²) in [7, 11) is 0. The molecular formula is C18H27ClN2O3. The highest BCUT2D eigenvalue weighted by atomic mass is 35.5. The van der Waals surface area contributed by atoms with Crippen LogP contribution in [0.1, 0.15) is 25.3 Å². The maximum absolute atomic E-state index is 12.1. The lowest BCUT2D eigenvalue weighted by Gasteiger charge is -2.26. The van der Waals surface area contributed by atoms with Crippen molar-refractivity contribution < 1.29 is 14.3 Å². The van der Waals surface area contributed by atoms with Crippen LogP contribution in [-0.4, -0.2) is 56.3 Å². The molecule has 2 rings (SSSR count). The Balaban J connectivity index is 1.63. The van der Waals surface area contributed by atoms with E-state index in [1.807, 2.05) is 19.1 Å². The number of carbonyl (C=O) groups is 1. The molecule has 0 bridgehead atoms. The van der Waals surface area contributed by atoms with Crippen molar-refractivity contribution in [2.45, 2.75) is 32.8 Å². The lowest BCUT2D eigenvalue weighted by molar-refractivity contribution is -0.127. The van der Waals surface area contributed by atoms with Crippen LogP contribution in [0.25, 0.3) is 0 Å². The minimum Gasteiger partial charge on any atom is -0.479 e. The third kappa shape index (κ3) is 6.30. The summed E-state index contributed by atoms with van der Waals surface area (Å²) in [6.07, 6.45) is 1.46. The fourth-order valence-corrected chi connectivity index (χ4v) is 2.75. The van der Waals surface area contributed by atoms with E-state index in [0.717, 1.165) is 51.3 Å². The lowest BCUT2D eigenvalue weighted by atomic mass is 10.2. The summed E-state index contributed by atoms with van der Waals surface area (Å²) in [5, 5.41) is 3.44. The largest absolute Gasteiger partial charge is 0.479 e. The third-order valence-electron chi connectivity index (χ3n) is 4.06. The van der Waals surface area contributed by atoms with Gasteiger partial charge >= 0.3 is 0 Å². The van der Waals surface area contributed by atoms with Crippen LogP contribution in [0.15, 0.2) is 18.2 Å². The van der Waals surface area contributed by atoms with Crippen LogP contribution in [0.3, 0.4) is 0 Å². The van der Waals surface area contributed by atoms with E-state index in [9.17, 15) is 4.79 Å². The number of nitrogens with zero attached hydrogens (tertiary/aromatic N) is 1. The molecule has 1 amide bonds. The topological polar surface area (TPSA) is 50.8 Å². The van der Waals surface area contributed by atoms with Gasteiger partial charge in [0.25, 0.3) is 5.91 Å². The van der Waals surface area contributed by atoms with Crippen LogP contribution in [0.2, 0.25) is 5.02 Å². The van der Waals surface area contributed by atoms with Crippen LogP contribution >= 0.6 is 11.6 Å². The molecule has 0 radical (unpaired) electrons. The molecule has 24 heavy (non-hydrogen) atoms. The zero-order valence-electron chi connectivity index (χ0n) is 14.5. The highest BCUT2D eigenvalue weighted by Crippen LogP contribution is 2.26. The van der Waals surface area contributed by atoms with E-state index in [1.54, 1.807) is 13.0 Å². The van der Waals surface area contributed by atoms with Crippen LogP contribution in [-0.2, 0) is 9.53 Å². The molecule has 1 aliphatic heterocycles. The Morgan fingerprint density at radius 2 is 2.12 bits per heavy atom. The second-order valence-corrected chi connectivity index (χ2v) is 6.55. The summed E-state index contributed by atoms with van der Waals surface area (Å²) in [5.41, 5.74) is 1.05. The number of amides is 1. The molecule has 1 fully saturated rings. The van der Waals surface area contributed by atoms with Gasteiger partial charge in [0, 0.05) is 19.6 Å². The normalized spacial score (nSPS) is 16.6. The van der Waals surface area contributed by atoms with E-state index >= 15 is 0 Å². The number of halogens is 1. The number of nitrogens with one attached hydrogen (secondary N) is 1. The molecule has 1 atom stereocenters. The quantitative estimate of drug-likeness (QED) is 0.729. The smallest absolute Gasteiger partial charge is 0.260 e. The molecule has 0 saturated carbocycles. The maximum atomic E-state index is 12.1. The third-order valence-corrected chi connectivity index (χ3v) is 4.38. The Kier molecular flexibility index (Phi) is 7.82. The van der Waals surface area contributed by atoms with E-state index in [2.05, 4.69) is 10.2 Å². The molecule has 1 aromatic carbocycles. The molecule has 1 heterocycles. The van der Waals surface area contributed by atoms with Gasteiger partial charge in [-0.1, -0.05) is 17.7 Å². The summed E-state index contributed by atoms with van der Waals surface area (Å²) >= 11 is 6.09. The molecule has 6 heteroatoms. The first kappa shape index (κ1) is 19.0. The maximum Gasteiger partial charge on any atom is 0.260 e. The van der Waals surface area contributed by atoms with Gasteiger partial charge in [-0.2, -0.15) is 0 Å². The first-order chi connectivity index (χ1) is 11.6. The Bertz CT molecular complexity index is 533. The fourth-order valence-electron chi connectivity index (χ4n) is 2.59. The van der Waals surface area contributed by atoms with Crippen molar-refractivity contribution in [1.82, 2.24) is 10.2 Å². The molecule has 134 valence electrons. The molecule has 1 N–H and O–H groups in total. The van der Waals surface area contributed by atoms with Gasteiger partial charge in [-0.05, 0) is 50.9 Å². The van der Waals surface area contributed by atoms with E-state index in [-0.39, 0.29) is 5.91 Å². The highest BCUT2D eigenvalue weighted by molar-refractivity contribution is 6.32. The van der Waals surface area contributed by atoms with E-state index in [0.29, 0.717) is 17.3 Å². The van der Waals surface area contributed by atoms with Gasteiger partial charge in [-0.3, -0.25) is 9.69 Å². The minimum atomic E-state index is -0.566. The number of hydrogen-bond acceptors (Lipinski definition) is 4. The van der Waals surface area contributed by atoms with Crippen molar-refractivity contribution >= 4 is 17.5 Å². The number of rotatable bonds is 8. The Morgan fingerprint density at radius 1 is 1.38 bits per heavy atom. The molecular weight excluding hydrogens is 328 g/mol. The number of morpholine rings is 1. The second-order valence-electron chi connectivity index (χ2n) is 6.15.